The molecule has 1 unspecified atom stereocenters. The fourth-order valence-corrected chi connectivity index (χ4v) is 1.43. The predicted octanol–water partition coefficient (Wildman–Crippen LogP) is 0.338. The minimum Gasteiger partial charge on any atom is -0.469 e. The number of carbonyl (C=O) groups excluding carboxylic acids is 1. The highest BCUT2D eigenvalue weighted by Gasteiger charge is 2.11. The van der Waals surface area contributed by atoms with Gasteiger partial charge in [0.25, 0.3) is 0 Å². The molecule has 1 atom stereocenters. The maximum Gasteiger partial charge on any atom is 0.310 e. The third kappa shape index (κ3) is 5.85. The molecule has 0 fully saturated rings. The molecule has 1 rings (SSSR count). The molecule has 0 aliphatic carbocycles. The lowest BCUT2D eigenvalue weighted by Crippen LogP contribution is -2.34. The maximum absolute atomic E-state index is 11.2. The number of rotatable bonds is 6. The van der Waals surface area contributed by atoms with Gasteiger partial charge in [0, 0.05) is 24.9 Å². The quantitative estimate of drug-likeness (QED) is 0.439. The first-order chi connectivity index (χ1) is 9.13. The Morgan fingerprint density at radius 2 is 2.37 bits per heavy atom. The van der Waals surface area contributed by atoms with Crippen LogP contribution < -0.4 is 11.1 Å². The van der Waals surface area contributed by atoms with Gasteiger partial charge in [-0.2, -0.15) is 0 Å². The van der Waals surface area contributed by atoms with E-state index in [1.165, 1.54) is 7.11 Å². The Labute approximate surface area is 113 Å². The summed E-state index contributed by atoms with van der Waals surface area (Å²) in [7, 11) is 1.36. The van der Waals surface area contributed by atoms with Crippen LogP contribution in [0.5, 0.6) is 0 Å². The Morgan fingerprint density at radius 1 is 1.58 bits per heavy atom. The number of aromatic nitrogens is 1. The van der Waals surface area contributed by atoms with E-state index >= 15 is 0 Å². The molecule has 19 heavy (non-hydrogen) atoms. The molecule has 0 amide bonds. The van der Waals surface area contributed by atoms with Gasteiger partial charge in [0.15, 0.2) is 5.96 Å². The standard InChI is InChI=1S/C13H20N4O2/c1-10(12(18)19-2)9-17-13(14)16-8-6-11-5-3-4-7-15-11/h3-5,7,10H,6,8-9H2,1-2H3,(H3,14,16,17). The molecule has 0 bridgehead atoms. The summed E-state index contributed by atoms with van der Waals surface area (Å²) >= 11 is 0. The second-order valence-electron chi connectivity index (χ2n) is 4.15. The number of ether oxygens (including phenoxy) is 1. The zero-order valence-electron chi connectivity index (χ0n) is 11.3. The van der Waals surface area contributed by atoms with Crippen molar-refractivity contribution in [1.29, 1.82) is 0 Å². The second-order valence-corrected chi connectivity index (χ2v) is 4.15. The van der Waals surface area contributed by atoms with Crippen LogP contribution in [0.1, 0.15) is 12.6 Å². The first-order valence-corrected chi connectivity index (χ1v) is 6.15. The number of nitrogens with one attached hydrogen (secondary N) is 1. The molecule has 0 saturated heterocycles. The van der Waals surface area contributed by atoms with Crippen molar-refractivity contribution in [2.75, 3.05) is 20.2 Å². The summed E-state index contributed by atoms with van der Waals surface area (Å²) in [5.41, 5.74) is 6.69. The summed E-state index contributed by atoms with van der Waals surface area (Å²) in [4.78, 5) is 19.5. The van der Waals surface area contributed by atoms with Crippen molar-refractivity contribution in [1.82, 2.24) is 10.3 Å². The van der Waals surface area contributed by atoms with Gasteiger partial charge in [-0.25, -0.2) is 0 Å². The number of pyridine rings is 1. The van der Waals surface area contributed by atoms with E-state index in [-0.39, 0.29) is 11.9 Å². The van der Waals surface area contributed by atoms with Gasteiger partial charge in [0.05, 0.1) is 19.6 Å². The molecule has 0 aliphatic heterocycles. The van der Waals surface area contributed by atoms with Gasteiger partial charge in [0.1, 0.15) is 0 Å². The molecule has 6 heteroatoms. The Balaban J connectivity index is 2.27. The van der Waals surface area contributed by atoms with Gasteiger partial charge in [0.2, 0.25) is 0 Å². The fraction of sp³-hybridized carbons (Fsp3) is 0.462. The van der Waals surface area contributed by atoms with Gasteiger partial charge >= 0.3 is 5.97 Å². The Bertz CT molecular complexity index is 420. The van der Waals surface area contributed by atoms with E-state index in [1.807, 2.05) is 18.2 Å². The number of methoxy groups -OCH3 is 1. The topological polar surface area (TPSA) is 89.6 Å². The summed E-state index contributed by atoms with van der Waals surface area (Å²) in [5.74, 6) is -0.252. The number of nitrogens with two attached hydrogens (primary N) is 1. The first-order valence-electron chi connectivity index (χ1n) is 6.15. The molecule has 3 N–H and O–H groups in total. The molecule has 1 heterocycles. The maximum atomic E-state index is 11.2. The molecule has 1 aromatic heterocycles. The van der Waals surface area contributed by atoms with Crippen molar-refractivity contribution >= 4 is 11.9 Å². The van der Waals surface area contributed by atoms with E-state index in [0.29, 0.717) is 19.0 Å². The van der Waals surface area contributed by atoms with Gasteiger partial charge in [-0.15, -0.1) is 0 Å². The summed E-state index contributed by atoms with van der Waals surface area (Å²) in [6.07, 6.45) is 2.52. The van der Waals surface area contributed by atoms with E-state index in [2.05, 4.69) is 20.0 Å². The molecule has 0 aromatic carbocycles. The Kier molecular flexibility index (Phi) is 6.35. The van der Waals surface area contributed by atoms with E-state index in [0.717, 1.165) is 12.1 Å². The van der Waals surface area contributed by atoms with Crippen LogP contribution in [0.25, 0.3) is 0 Å². The van der Waals surface area contributed by atoms with Crippen LogP contribution in [0.15, 0.2) is 29.4 Å². The molecule has 104 valence electrons. The summed E-state index contributed by atoms with van der Waals surface area (Å²) in [6, 6.07) is 5.77. The number of hydrogen-bond donors (Lipinski definition) is 2. The average Bonchev–Trinajstić information content (AvgIpc) is 2.45. The van der Waals surface area contributed by atoms with Crippen LogP contribution >= 0.6 is 0 Å². The summed E-state index contributed by atoms with van der Waals surface area (Å²) in [6.45, 7) is 2.71. The largest absolute Gasteiger partial charge is 0.469 e. The molecular formula is C13H20N4O2. The van der Waals surface area contributed by atoms with E-state index < -0.39 is 0 Å². The zero-order valence-corrected chi connectivity index (χ0v) is 11.3. The van der Waals surface area contributed by atoms with Crippen molar-refractivity contribution in [3.8, 4) is 0 Å². The third-order valence-corrected chi connectivity index (χ3v) is 2.55. The Morgan fingerprint density at radius 3 is 3.00 bits per heavy atom. The summed E-state index contributed by atoms with van der Waals surface area (Å²) in [5, 5.41) is 2.98. The molecular weight excluding hydrogens is 244 g/mol. The minimum atomic E-state index is -0.291. The number of hydrogen-bond acceptors (Lipinski definition) is 4. The highest BCUT2D eigenvalue weighted by Crippen LogP contribution is 1.97. The number of nitrogens with zero attached hydrogens (tertiary/aromatic N) is 2. The minimum absolute atomic E-state index is 0.287. The summed E-state index contributed by atoms with van der Waals surface area (Å²) < 4.78 is 4.61. The van der Waals surface area contributed by atoms with Crippen molar-refractivity contribution in [3.63, 3.8) is 0 Å². The zero-order chi connectivity index (χ0) is 14.1. The third-order valence-electron chi connectivity index (χ3n) is 2.55. The number of esters is 1. The van der Waals surface area contributed by atoms with Gasteiger partial charge in [-0.1, -0.05) is 13.0 Å². The van der Waals surface area contributed by atoms with Crippen LogP contribution in [0.4, 0.5) is 0 Å². The smallest absolute Gasteiger partial charge is 0.310 e. The molecule has 6 nitrogen and oxygen atoms in total. The fourth-order valence-electron chi connectivity index (χ4n) is 1.43. The highest BCUT2D eigenvalue weighted by atomic mass is 16.5. The van der Waals surface area contributed by atoms with Crippen LogP contribution in [0.2, 0.25) is 0 Å². The van der Waals surface area contributed by atoms with Crippen LogP contribution in [0.3, 0.4) is 0 Å². The molecule has 0 aliphatic rings. The second kappa shape index (κ2) is 8.07. The molecule has 0 spiro atoms. The average molecular weight is 264 g/mol. The Hall–Kier alpha value is -2.11. The lowest BCUT2D eigenvalue weighted by Gasteiger charge is -2.08. The van der Waals surface area contributed by atoms with Gasteiger partial charge in [-0.3, -0.25) is 14.8 Å². The molecule has 1 aromatic rings. The number of aliphatic imine (C=N–C) groups is 1. The van der Waals surface area contributed by atoms with Crippen LogP contribution in [0, 0.1) is 5.92 Å². The van der Waals surface area contributed by atoms with Crippen molar-refractivity contribution in [2.45, 2.75) is 13.3 Å². The van der Waals surface area contributed by atoms with E-state index in [1.54, 1.807) is 13.1 Å². The van der Waals surface area contributed by atoms with Crippen molar-refractivity contribution in [3.05, 3.63) is 30.1 Å². The predicted molar refractivity (Wildman–Crippen MR) is 73.6 cm³/mol. The van der Waals surface area contributed by atoms with Crippen LogP contribution in [-0.2, 0) is 16.0 Å². The molecule has 0 radical (unpaired) electrons. The van der Waals surface area contributed by atoms with Crippen LogP contribution in [-0.4, -0.2) is 37.1 Å². The normalized spacial score (nSPS) is 12.8. The number of carbonyl (C=O) groups is 1. The lowest BCUT2D eigenvalue weighted by molar-refractivity contribution is -0.144. The SMILES string of the molecule is COC(=O)C(C)CN=C(N)NCCc1ccccn1. The first kappa shape index (κ1) is 14.9. The lowest BCUT2D eigenvalue weighted by atomic mass is 10.2. The van der Waals surface area contributed by atoms with Gasteiger partial charge < -0.3 is 15.8 Å². The van der Waals surface area contributed by atoms with Crippen molar-refractivity contribution < 1.29 is 9.53 Å². The molecule has 0 saturated carbocycles. The monoisotopic (exact) mass is 264 g/mol. The van der Waals surface area contributed by atoms with E-state index in [4.69, 9.17) is 5.73 Å². The number of guanidine groups is 1. The van der Waals surface area contributed by atoms with Crippen molar-refractivity contribution in [2.24, 2.45) is 16.6 Å². The highest BCUT2D eigenvalue weighted by molar-refractivity contribution is 5.78. The van der Waals surface area contributed by atoms with E-state index in [9.17, 15) is 4.79 Å². The van der Waals surface area contributed by atoms with Gasteiger partial charge in [-0.05, 0) is 12.1 Å².